The van der Waals surface area contributed by atoms with E-state index in [4.69, 9.17) is 23.1 Å². The van der Waals surface area contributed by atoms with Gasteiger partial charge in [0.2, 0.25) is 5.91 Å². The Morgan fingerprint density at radius 1 is 0.914 bits per heavy atom. The quantitative estimate of drug-likeness (QED) is 0.0753. The SMILES string of the molecule is CO[C@@H](/C=C/C=C/C=C/C[C@@H]1OC(C)(C)O[C@@H](/C(C)=C\CC(c2c(O[Si](C)(C)C(C)(C)C)c(N[Si](C)(C)C(C)(C)C)cc3c2SCC(=O)N3)S(=O)(=O)c2ccccc2)[C@H]1C)CCO[Si](C)(C)C(C)(C)C. The molecule has 392 valence electrons. The van der Waals surface area contributed by atoms with E-state index in [0.29, 0.717) is 35.7 Å². The number of hydrogen-bond donors (Lipinski definition) is 2. The summed E-state index contributed by atoms with van der Waals surface area (Å²) in [5, 5.41) is 1.95. The molecule has 2 heterocycles. The summed E-state index contributed by atoms with van der Waals surface area (Å²) in [6.07, 6.45) is 15.4. The predicted molar refractivity (Wildman–Crippen MR) is 303 cm³/mol. The summed E-state index contributed by atoms with van der Waals surface area (Å²) >= 11 is 1.38. The number of carbonyl (C=O) groups excluding carboxylic acids is 1. The Labute approximate surface area is 431 Å². The lowest BCUT2D eigenvalue weighted by molar-refractivity contribution is -0.310. The Morgan fingerprint density at radius 2 is 1.53 bits per heavy atom. The van der Waals surface area contributed by atoms with E-state index in [1.807, 2.05) is 63.3 Å². The molecule has 0 saturated carbocycles. The second-order valence-electron chi connectivity index (χ2n) is 24.3. The predicted octanol–water partition coefficient (Wildman–Crippen LogP) is 15.0. The van der Waals surface area contributed by atoms with Crippen LogP contribution in [-0.4, -0.2) is 82.8 Å². The fourth-order valence-corrected chi connectivity index (χ4v) is 13.8. The van der Waals surface area contributed by atoms with Gasteiger partial charge in [-0.3, -0.25) is 4.79 Å². The number of thioether (sulfide) groups is 1. The van der Waals surface area contributed by atoms with E-state index in [1.54, 1.807) is 31.4 Å². The number of hydrogen-bond acceptors (Lipinski definition) is 10. The van der Waals surface area contributed by atoms with Crippen LogP contribution >= 0.6 is 11.8 Å². The van der Waals surface area contributed by atoms with E-state index >= 15 is 8.42 Å². The summed E-state index contributed by atoms with van der Waals surface area (Å²) < 4.78 is 63.7. The van der Waals surface area contributed by atoms with Crippen molar-refractivity contribution >= 4 is 63.8 Å². The van der Waals surface area contributed by atoms with Crippen molar-refractivity contribution in [1.82, 2.24) is 0 Å². The molecule has 2 aliphatic heterocycles. The van der Waals surface area contributed by atoms with Gasteiger partial charge in [-0.05, 0) is 105 Å². The first-order valence-electron chi connectivity index (χ1n) is 25.1. The smallest absolute Gasteiger partial charge is 0.250 e. The Hall–Kier alpha value is -2.74. The zero-order chi connectivity index (χ0) is 52.9. The minimum atomic E-state index is -4.07. The Morgan fingerprint density at radius 3 is 2.11 bits per heavy atom. The number of fused-ring (bicyclic) bond motifs is 1. The zero-order valence-corrected chi connectivity index (χ0v) is 51.1. The maximum atomic E-state index is 15.5. The maximum Gasteiger partial charge on any atom is 0.250 e. The lowest BCUT2D eigenvalue weighted by atomic mass is 9.88. The number of amides is 1. The lowest BCUT2D eigenvalue weighted by Crippen LogP contribution is -2.50. The molecule has 4 rings (SSSR count). The number of sulfone groups is 1. The second kappa shape index (κ2) is 23.2. The molecule has 2 aliphatic rings. The van der Waals surface area contributed by atoms with Crippen molar-refractivity contribution in [2.45, 2.75) is 203 Å². The van der Waals surface area contributed by atoms with E-state index in [2.05, 4.69) is 131 Å². The molecule has 1 unspecified atom stereocenters. The molecule has 10 nitrogen and oxygen atoms in total. The minimum Gasteiger partial charge on any atom is -0.542 e. The number of rotatable bonds is 20. The number of anilines is 2. The molecule has 1 saturated heterocycles. The van der Waals surface area contributed by atoms with Gasteiger partial charge in [0.1, 0.15) is 5.75 Å². The summed E-state index contributed by atoms with van der Waals surface area (Å²) in [7, 11) is -9.05. The molecule has 0 aliphatic carbocycles. The molecule has 0 aromatic heterocycles. The summed E-state index contributed by atoms with van der Waals surface area (Å²) in [5.41, 5.74) is 2.83. The van der Waals surface area contributed by atoms with Gasteiger partial charge in [0.25, 0.3) is 8.32 Å². The van der Waals surface area contributed by atoms with Crippen molar-refractivity contribution in [3.63, 3.8) is 0 Å². The van der Waals surface area contributed by atoms with Crippen molar-refractivity contribution < 1.29 is 36.3 Å². The fraction of sp³-hybridized carbons (Fsp3) is 0.618. The highest BCUT2D eigenvalue weighted by molar-refractivity contribution is 8.00. The van der Waals surface area contributed by atoms with Crippen molar-refractivity contribution in [3.8, 4) is 5.75 Å². The number of methoxy groups -OCH3 is 1. The number of allylic oxidation sites excluding steroid dienone is 5. The molecule has 0 radical (unpaired) electrons. The molecule has 2 aromatic carbocycles. The molecular formula is C55H90N2O8S2Si3. The molecule has 5 atom stereocenters. The first kappa shape index (κ1) is 59.8. The Kier molecular flexibility index (Phi) is 19.8. The second-order valence-corrected chi connectivity index (χ2v) is 42.0. The van der Waals surface area contributed by atoms with Crippen LogP contribution in [0.3, 0.4) is 0 Å². The van der Waals surface area contributed by atoms with Gasteiger partial charge in [0, 0.05) is 30.1 Å². The Balaban J connectivity index is 1.73. The van der Waals surface area contributed by atoms with Gasteiger partial charge in [-0.25, -0.2) is 8.42 Å². The standard InChI is InChI=1S/C55H90N2O8S2Si3/c1-39(49-40(2)45(63-55(12,13)64-49)32-28-23-21-22-25-29-41(61-14)35-36-62-69(17,18)53(6,7)8)33-34-46(67(59,60)42-30-26-24-27-31-42)48-50(65-70(19,20)54(9,10)11)43(57-68(15,16)52(3,4)5)37-44-51(48)66-38-47(58)56-44/h21-31,33,37,40-41,45-46,49,57H,32,34-36,38H2,1-20H3,(H,56,58)/b22-21+,28-23+,29-25+,39-33-/t40-,41-,45-,46?,49-/m0/s1. The van der Waals surface area contributed by atoms with Crippen LogP contribution in [0.4, 0.5) is 11.4 Å². The highest BCUT2D eigenvalue weighted by atomic mass is 32.2. The average molecular weight is 1060 g/mol. The topological polar surface area (TPSA) is 121 Å². The normalized spacial score (nSPS) is 21.0. The zero-order valence-electron chi connectivity index (χ0n) is 46.5. The number of benzene rings is 2. The summed E-state index contributed by atoms with van der Waals surface area (Å²) in [6.45, 7) is 42.3. The molecule has 0 bridgehead atoms. The molecule has 70 heavy (non-hydrogen) atoms. The van der Waals surface area contributed by atoms with E-state index in [-0.39, 0.29) is 62.3 Å². The van der Waals surface area contributed by atoms with E-state index < -0.39 is 45.7 Å². The summed E-state index contributed by atoms with van der Waals surface area (Å²) in [4.78, 5) is 18.0. The molecule has 2 aromatic rings. The first-order chi connectivity index (χ1) is 32.0. The van der Waals surface area contributed by atoms with Gasteiger partial charge in [-0.2, -0.15) is 0 Å². The summed E-state index contributed by atoms with van der Waals surface area (Å²) in [5.74, 6) is -0.338. The van der Waals surface area contributed by atoms with Gasteiger partial charge < -0.3 is 33.4 Å². The van der Waals surface area contributed by atoms with E-state index in [9.17, 15) is 4.79 Å². The third-order valence-electron chi connectivity index (χ3n) is 15.3. The van der Waals surface area contributed by atoms with Crippen LogP contribution in [0.2, 0.25) is 54.4 Å². The third kappa shape index (κ3) is 15.2. The van der Waals surface area contributed by atoms with Gasteiger partial charge in [-0.1, -0.05) is 143 Å². The molecule has 1 amide bonds. The van der Waals surface area contributed by atoms with Crippen LogP contribution in [-0.2, 0) is 33.3 Å². The average Bonchev–Trinajstić information content (AvgIpc) is 3.23. The van der Waals surface area contributed by atoms with Crippen molar-refractivity contribution in [2.24, 2.45) is 5.92 Å². The van der Waals surface area contributed by atoms with Crippen LogP contribution in [0.1, 0.15) is 120 Å². The minimum absolute atomic E-state index is 0.0295. The third-order valence-corrected chi connectivity index (χ3v) is 32.0. The first-order valence-corrected chi connectivity index (χ1v) is 36.5. The van der Waals surface area contributed by atoms with E-state index in [0.717, 1.165) is 16.9 Å². The molecule has 1 fully saturated rings. The van der Waals surface area contributed by atoms with Gasteiger partial charge in [0.15, 0.2) is 32.2 Å². The van der Waals surface area contributed by atoms with Crippen molar-refractivity contribution in [2.75, 3.05) is 29.8 Å². The van der Waals surface area contributed by atoms with Gasteiger partial charge in [-0.15, -0.1) is 11.8 Å². The van der Waals surface area contributed by atoms with Gasteiger partial charge in [0.05, 0.1) is 45.6 Å². The van der Waals surface area contributed by atoms with Crippen LogP contribution in [0.25, 0.3) is 0 Å². The molecular weight excluding hydrogens is 965 g/mol. The number of ether oxygens (including phenoxy) is 3. The largest absolute Gasteiger partial charge is 0.542 e. The number of carbonyl (C=O) groups is 1. The van der Waals surface area contributed by atoms with Gasteiger partial charge >= 0.3 is 0 Å². The fourth-order valence-electron chi connectivity index (χ4n) is 7.68. The Bertz CT molecular complexity index is 2340. The van der Waals surface area contributed by atoms with Crippen LogP contribution in [0, 0.1) is 5.92 Å². The molecule has 15 heteroatoms. The van der Waals surface area contributed by atoms with Crippen LogP contribution in [0.15, 0.2) is 94.3 Å². The highest BCUT2D eigenvalue weighted by Gasteiger charge is 2.46. The molecule has 0 spiro atoms. The number of nitrogens with one attached hydrogen (secondary N) is 2. The maximum absolute atomic E-state index is 15.5. The van der Waals surface area contributed by atoms with Crippen LogP contribution in [0.5, 0.6) is 5.75 Å². The van der Waals surface area contributed by atoms with Crippen LogP contribution < -0.4 is 14.7 Å². The summed E-state index contributed by atoms with van der Waals surface area (Å²) in [6, 6.07) is 10.7. The highest BCUT2D eigenvalue weighted by Crippen LogP contribution is 2.54. The van der Waals surface area contributed by atoms with Crippen molar-refractivity contribution in [3.05, 3.63) is 90.1 Å². The van der Waals surface area contributed by atoms with Crippen molar-refractivity contribution in [1.29, 1.82) is 0 Å². The monoisotopic (exact) mass is 1050 g/mol. The van der Waals surface area contributed by atoms with E-state index in [1.165, 1.54) is 11.8 Å². The molecule has 2 N–H and O–H groups in total. The lowest BCUT2D eigenvalue weighted by Gasteiger charge is -2.45.